The van der Waals surface area contributed by atoms with Crippen molar-refractivity contribution >= 4 is 5.91 Å². The predicted molar refractivity (Wildman–Crippen MR) is 79.0 cm³/mol. The number of carbonyl (C=O) groups excluding carboxylic acids is 1. The molecular weight excluding hydrogens is 270 g/mol. The summed E-state index contributed by atoms with van der Waals surface area (Å²) in [6.07, 6.45) is 4.35. The molecule has 1 aromatic heterocycles. The van der Waals surface area contributed by atoms with Crippen LogP contribution in [0.2, 0.25) is 0 Å². The van der Waals surface area contributed by atoms with Gasteiger partial charge in [-0.15, -0.1) is 5.10 Å². The van der Waals surface area contributed by atoms with Crippen molar-refractivity contribution in [1.82, 2.24) is 25.2 Å². The molecule has 7 heteroatoms. The van der Waals surface area contributed by atoms with Crippen LogP contribution in [0.4, 0.5) is 0 Å². The Hall–Kier alpha value is -1.47. The molecule has 0 bridgehead atoms. The number of nitrogens with zero attached hydrogens (tertiary/aromatic N) is 4. The first-order chi connectivity index (χ1) is 10.1. The Bertz CT molecular complexity index is 454. The average molecular weight is 295 g/mol. The molecule has 7 nitrogen and oxygen atoms in total. The number of carbonyl (C=O) groups is 1. The Morgan fingerprint density at radius 3 is 2.86 bits per heavy atom. The molecule has 0 radical (unpaired) electrons. The van der Waals surface area contributed by atoms with E-state index in [1.54, 1.807) is 11.1 Å². The van der Waals surface area contributed by atoms with Gasteiger partial charge in [0.25, 0.3) is 5.91 Å². The van der Waals surface area contributed by atoms with Gasteiger partial charge in [-0.1, -0.05) is 5.21 Å². The minimum Gasteiger partial charge on any atom is -0.396 e. The molecule has 2 N–H and O–H groups in total. The Morgan fingerprint density at radius 1 is 1.52 bits per heavy atom. The number of aliphatic hydroxyl groups excluding tert-OH is 1. The Morgan fingerprint density at radius 2 is 2.24 bits per heavy atom. The van der Waals surface area contributed by atoms with Gasteiger partial charge in [-0.05, 0) is 46.2 Å². The summed E-state index contributed by atoms with van der Waals surface area (Å²) in [5.74, 6) is -0.112. The summed E-state index contributed by atoms with van der Waals surface area (Å²) in [6.45, 7) is 6.50. The first kappa shape index (κ1) is 15.9. The van der Waals surface area contributed by atoms with Crippen LogP contribution in [0.15, 0.2) is 6.20 Å². The Balaban J connectivity index is 2.05. The lowest BCUT2D eigenvalue weighted by Crippen LogP contribution is -2.38. The lowest BCUT2D eigenvalue weighted by atomic mass is 10.1. The van der Waals surface area contributed by atoms with Gasteiger partial charge in [0, 0.05) is 19.2 Å². The lowest BCUT2D eigenvalue weighted by Gasteiger charge is -2.25. The minimum atomic E-state index is -0.112. The number of piperidine rings is 1. The van der Waals surface area contributed by atoms with E-state index in [0.717, 1.165) is 25.9 Å². The second-order valence-corrected chi connectivity index (χ2v) is 5.73. The first-order valence-electron chi connectivity index (χ1n) is 7.68. The van der Waals surface area contributed by atoms with Crippen LogP contribution in [0.25, 0.3) is 0 Å². The molecule has 1 amide bonds. The van der Waals surface area contributed by atoms with Gasteiger partial charge in [-0.3, -0.25) is 4.79 Å². The Kier molecular flexibility index (Phi) is 5.69. The van der Waals surface area contributed by atoms with Crippen molar-refractivity contribution in [2.75, 3.05) is 26.2 Å². The third-order valence-electron chi connectivity index (χ3n) is 3.85. The van der Waals surface area contributed by atoms with E-state index >= 15 is 0 Å². The topological polar surface area (TPSA) is 83.3 Å². The molecule has 2 heterocycles. The fraction of sp³-hybridized carbons (Fsp3) is 0.786. The molecule has 0 atom stereocenters. The van der Waals surface area contributed by atoms with E-state index in [1.807, 2.05) is 18.5 Å². The normalized spacial score (nSPS) is 16.4. The van der Waals surface area contributed by atoms with Gasteiger partial charge in [-0.25, -0.2) is 4.68 Å². The van der Waals surface area contributed by atoms with Gasteiger partial charge in [-0.2, -0.15) is 0 Å². The van der Waals surface area contributed by atoms with E-state index in [9.17, 15) is 4.79 Å². The fourth-order valence-electron chi connectivity index (χ4n) is 2.61. The third kappa shape index (κ3) is 4.01. The van der Waals surface area contributed by atoms with Gasteiger partial charge in [0.15, 0.2) is 5.69 Å². The maximum absolute atomic E-state index is 12.5. The van der Waals surface area contributed by atoms with Crippen LogP contribution < -0.4 is 5.32 Å². The van der Waals surface area contributed by atoms with E-state index in [-0.39, 0.29) is 18.6 Å². The van der Waals surface area contributed by atoms with Gasteiger partial charge >= 0.3 is 0 Å². The zero-order valence-electron chi connectivity index (χ0n) is 12.8. The van der Waals surface area contributed by atoms with E-state index in [0.29, 0.717) is 24.7 Å². The number of amides is 1. The molecule has 1 aromatic rings. The largest absolute Gasteiger partial charge is 0.396 e. The highest BCUT2D eigenvalue weighted by atomic mass is 16.3. The predicted octanol–water partition coefficient (Wildman–Crippen LogP) is 0.436. The van der Waals surface area contributed by atoms with Gasteiger partial charge < -0.3 is 15.3 Å². The van der Waals surface area contributed by atoms with Crippen molar-refractivity contribution in [2.24, 2.45) is 0 Å². The number of hydrogen-bond acceptors (Lipinski definition) is 5. The molecule has 1 fully saturated rings. The second-order valence-electron chi connectivity index (χ2n) is 5.73. The molecule has 0 aromatic carbocycles. The van der Waals surface area contributed by atoms with Crippen LogP contribution in [-0.4, -0.2) is 63.2 Å². The molecule has 0 aliphatic carbocycles. The van der Waals surface area contributed by atoms with Crippen molar-refractivity contribution in [1.29, 1.82) is 0 Å². The number of aromatic nitrogens is 3. The summed E-state index contributed by atoms with van der Waals surface area (Å²) in [5, 5.41) is 20.4. The van der Waals surface area contributed by atoms with Crippen molar-refractivity contribution in [3.05, 3.63) is 11.9 Å². The minimum absolute atomic E-state index is 0.0769. The van der Waals surface area contributed by atoms with Crippen molar-refractivity contribution in [3.63, 3.8) is 0 Å². The molecule has 1 aliphatic rings. The molecule has 1 saturated heterocycles. The van der Waals surface area contributed by atoms with Crippen molar-refractivity contribution < 1.29 is 9.90 Å². The summed E-state index contributed by atoms with van der Waals surface area (Å²) >= 11 is 0. The average Bonchev–Trinajstić information content (AvgIpc) is 2.98. The summed E-state index contributed by atoms with van der Waals surface area (Å²) in [7, 11) is 0. The fourth-order valence-corrected chi connectivity index (χ4v) is 2.61. The molecular formula is C14H25N5O2. The van der Waals surface area contributed by atoms with Crippen LogP contribution in [0, 0.1) is 0 Å². The van der Waals surface area contributed by atoms with Crippen LogP contribution in [0.3, 0.4) is 0 Å². The molecule has 21 heavy (non-hydrogen) atoms. The number of nitrogens with one attached hydrogen (secondary N) is 1. The highest BCUT2D eigenvalue weighted by molar-refractivity contribution is 5.92. The summed E-state index contributed by atoms with van der Waals surface area (Å²) in [6, 6.07) is 0.401. The zero-order chi connectivity index (χ0) is 15.2. The SMILES string of the molecule is CC(C)N(CCCO)C(=O)c1cn(C2CCNCC2)nn1. The van der Waals surface area contributed by atoms with Gasteiger partial charge in [0.05, 0.1) is 12.2 Å². The first-order valence-corrected chi connectivity index (χ1v) is 7.68. The maximum atomic E-state index is 12.5. The van der Waals surface area contributed by atoms with Crippen LogP contribution >= 0.6 is 0 Å². The summed E-state index contributed by atoms with van der Waals surface area (Å²) in [5.41, 5.74) is 0.389. The molecule has 0 spiro atoms. The molecule has 0 unspecified atom stereocenters. The highest BCUT2D eigenvalue weighted by Crippen LogP contribution is 2.17. The third-order valence-corrected chi connectivity index (χ3v) is 3.85. The standard InChI is InChI=1S/C14H25N5O2/c1-11(2)18(8-3-9-20)14(21)13-10-19(17-16-13)12-4-6-15-7-5-12/h10-12,15,20H,3-9H2,1-2H3. The number of hydrogen-bond donors (Lipinski definition) is 2. The maximum Gasteiger partial charge on any atom is 0.276 e. The Labute approximate surface area is 125 Å². The zero-order valence-corrected chi connectivity index (χ0v) is 12.8. The molecule has 1 aliphatic heterocycles. The van der Waals surface area contributed by atoms with E-state index in [1.165, 1.54) is 0 Å². The van der Waals surface area contributed by atoms with E-state index in [2.05, 4.69) is 15.6 Å². The monoisotopic (exact) mass is 295 g/mol. The second kappa shape index (κ2) is 7.51. The summed E-state index contributed by atoms with van der Waals surface area (Å²) < 4.78 is 1.82. The van der Waals surface area contributed by atoms with Crippen molar-refractivity contribution in [2.45, 2.75) is 45.2 Å². The molecule has 2 rings (SSSR count). The quantitative estimate of drug-likeness (QED) is 0.795. The van der Waals surface area contributed by atoms with Gasteiger partial charge in [0.2, 0.25) is 0 Å². The van der Waals surface area contributed by atoms with Gasteiger partial charge in [0.1, 0.15) is 0 Å². The summed E-state index contributed by atoms with van der Waals surface area (Å²) in [4.78, 5) is 14.2. The van der Waals surface area contributed by atoms with Crippen LogP contribution in [-0.2, 0) is 0 Å². The van der Waals surface area contributed by atoms with Crippen LogP contribution in [0.1, 0.15) is 49.6 Å². The lowest BCUT2D eigenvalue weighted by molar-refractivity contribution is 0.0687. The van der Waals surface area contributed by atoms with E-state index < -0.39 is 0 Å². The molecule has 118 valence electrons. The smallest absolute Gasteiger partial charge is 0.276 e. The van der Waals surface area contributed by atoms with Crippen LogP contribution in [0.5, 0.6) is 0 Å². The highest BCUT2D eigenvalue weighted by Gasteiger charge is 2.23. The molecule has 0 saturated carbocycles. The van der Waals surface area contributed by atoms with E-state index in [4.69, 9.17) is 5.11 Å². The number of rotatable bonds is 6. The van der Waals surface area contributed by atoms with Crippen molar-refractivity contribution in [3.8, 4) is 0 Å². The number of aliphatic hydroxyl groups is 1.